The predicted molar refractivity (Wildman–Crippen MR) is 132 cm³/mol. The molecule has 1 aromatic carbocycles. The van der Waals surface area contributed by atoms with Gasteiger partial charge >= 0.3 is 0 Å². The summed E-state index contributed by atoms with van der Waals surface area (Å²) in [5.74, 6) is 0.999. The number of aromatic nitrogens is 3. The average Bonchev–Trinajstić information content (AvgIpc) is 3.60. The van der Waals surface area contributed by atoms with Crippen LogP contribution in [0.15, 0.2) is 35.3 Å². The highest BCUT2D eigenvalue weighted by atomic mass is 35.5. The Balaban J connectivity index is 1.39. The first-order valence-corrected chi connectivity index (χ1v) is 11.8. The third-order valence-electron chi connectivity index (χ3n) is 6.89. The molecule has 2 aliphatic rings. The van der Waals surface area contributed by atoms with E-state index in [9.17, 15) is 9.59 Å². The predicted octanol–water partition coefficient (Wildman–Crippen LogP) is 3.23. The molecule has 1 saturated carbocycles. The maximum atomic E-state index is 12.6. The molecule has 1 amide bonds. The number of hydrogen-bond acceptors (Lipinski definition) is 7. The smallest absolute Gasteiger partial charge is 0.293 e. The minimum atomic E-state index is -0.312. The third kappa shape index (κ3) is 4.40. The molecule has 0 bridgehead atoms. The molecule has 2 aromatic heterocycles. The molecule has 3 aromatic rings. The number of nitrogens with zero attached hydrogens (tertiary/aromatic N) is 4. The summed E-state index contributed by atoms with van der Waals surface area (Å²) >= 11 is 6.41. The van der Waals surface area contributed by atoms with Gasteiger partial charge in [-0.05, 0) is 55.4 Å². The van der Waals surface area contributed by atoms with Gasteiger partial charge in [-0.25, -0.2) is 4.98 Å². The Bertz CT molecular complexity index is 1310. The summed E-state index contributed by atoms with van der Waals surface area (Å²) in [4.78, 5) is 35.5. The number of rotatable bonds is 6. The number of aryl methyl sites for hydroxylation is 1. The van der Waals surface area contributed by atoms with E-state index in [0.717, 1.165) is 29.7 Å². The van der Waals surface area contributed by atoms with E-state index in [1.54, 1.807) is 19.3 Å². The molecule has 2 N–H and O–H groups in total. The van der Waals surface area contributed by atoms with Crippen molar-refractivity contribution in [1.82, 2.24) is 19.9 Å². The molecule has 0 radical (unpaired) electrons. The van der Waals surface area contributed by atoms with Crippen LogP contribution in [0.2, 0.25) is 5.02 Å². The van der Waals surface area contributed by atoms with Crippen molar-refractivity contribution in [3.8, 4) is 5.75 Å². The molecule has 34 heavy (non-hydrogen) atoms. The van der Waals surface area contributed by atoms with E-state index in [1.807, 2.05) is 18.2 Å². The van der Waals surface area contributed by atoms with Gasteiger partial charge in [-0.15, -0.1) is 0 Å². The van der Waals surface area contributed by atoms with Crippen LogP contribution in [0.25, 0.3) is 10.9 Å². The zero-order valence-corrected chi connectivity index (χ0v) is 20.0. The van der Waals surface area contributed by atoms with Crippen LogP contribution >= 0.6 is 11.6 Å². The van der Waals surface area contributed by atoms with E-state index < -0.39 is 0 Å². The Hall–Kier alpha value is -3.33. The Kier molecular flexibility index (Phi) is 5.81. The fourth-order valence-corrected chi connectivity index (χ4v) is 4.58. The second kappa shape index (κ2) is 8.79. The summed E-state index contributed by atoms with van der Waals surface area (Å²) < 4.78 is 6.94. The summed E-state index contributed by atoms with van der Waals surface area (Å²) in [5, 5.41) is 6.95. The molecule has 1 aliphatic heterocycles. The molecule has 0 atom stereocenters. The third-order valence-corrected chi connectivity index (χ3v) is 7.16. The Labute approximate surface area is 202 Å². The molecule has 10 heteroatoms. The number of pyridine rings is 1. The SMILES string of the molecule is CNC(=O)COc1cc2cc(Nc3nc(N4CCC5(CC4)CC5)ncc3Cl)ccc2n(C)c1=O. The standard InChI is InChI=1S/C24H27ClN6O3/c1-26-20(32)14-34-19-12-15-11-16(3-4-18(15)30(2)22(19)33)28-21-17(25)13-27-23(29-21)31-9-7-24(5-6-24)8-10-31/h3-4,11-13H,5-10,14H2,1-2H3,(H,26,32)(H,27,28,29). The number of nitrogens with one attached hydrogen (secondary N) is 2. The fraction of sp³-hybridized carbons (Fsp3) is 0.417. The minimum Gasteiger partial charge on any atom is -0.478 e. The molecule has 5 rings (SSSR count). The first-order chi connectivity index (χ1) is 16.4. The van der Waals surface area contributed by atoms with Crippen molar-refractivity contribution in [2.24, 2.45) is 12.5 Å². The van der Waals surface area contributed by atoms with Crippen LogP contribution in [0.5, 0.6) is 5.75 Å². The first-order valence-electron chi connectivity index (χ1n) is 11.4. The molecule has 2 fully saturated rings. The van der Waals surface area contributed by atoms with E-state index in [4.69, 9.17) is 21.3 Å². The summed E-state index contributed by atoms with van der Waals surface area (Å²) in [5.41, 5.74) is 1.76. The van der Waals surface area contributed by atoms with E-state index >= 15 is 0 Å². The van der Waals surface area contributed by atoms with Crippen molar-refractivity contribution in [1.29, 1.82) is 0 Å². The summed E-state index contributed by atoms with van der Waals surface area (Å²) in [7, 11) is 3.18. The number of amides is 1. The molecule has 178 valence electrons. The van der Waals surface area contributed by atoms with Gasteiger partial charge in [-0.1, -0.05) is 11.6 Å². The molecule has 1 saturated heterocycles. The number of piperidine rings is 1. The summed E-state index contributed by atoms with van der Waals surface area (Å²) in [6.07, 6.45) is 6.70. The van der Waals surface area contributed by atoms with Gasteiger partial charge in [-0.3, -0.25) is 9.59 Å². The van der Waals surface area contributed by atoms with Crippen LogP contribution in [0.3, 0.4) is 0 Å². The number of halogens is 1. The highest BCUT2D eigenvalue weighted by Crippen LogP contribution is 2.53. The van der Waals surface area contributed by atoms with Crippen molar-refractivity contribution in [2.45, 2.75) is 25.7 Å². The Morgan fingerprint density at radius 3 is 2.68 bits per heavy atom. The zero-order valence-electron chi connectivity index (χ0n) is 19.2. The van der Waals surface area contributed by atoms with Crippen LogP contribution < -0.4 is 25.8 Å². The van der Waals surface area contributed by atoms with Gasteiger partial charge in [0, 0.05) is 38.3 Å². The zero-order chi connectivity index (χ0) is 23.9. The van der Waals surface area contributed by atoms with Crippen molar-refractivity contribution in [2.75, 3.05) is 37.0 Å². The number of hydrogen-bond donors (Lipinski definition) is 2. The van der Waals surface area contributed by atoms with Gasteiger partial charge in [0.2, 0.25) is 5.95 Å². The average molecular weight is 483 g/mol. The Morgan fingerprint density at radius 2 is 1.97 bits per heavy atom. The monoisotopic (exact) mass is 482 g/mol. The lowest BCUT2D eigenvalue weighted by Gasteiger charge is -2.32. The second-order valence-electron chi connectivity index (χ2n) is 9.09. The van der Waals surface area contributed by atoms with Gasteiger partial charge in [0.25, 0.3) is 11.5 Å². The van der Waals surface area contributed by atoms with E-state index in [1.165, 1.54) is 37.3 Å². The van der Waals surface area contributed by atoms with Crippen molar-refractivity contribution >= 4 is 45.9 Å². The van der Waals surface area contributed by atoms with Crippen LogP contribution in [-0.2, 0) is 11.8 Å². The quantitative estimate of drug-likeness (QED) is 0.556. The highest BCUT2D eigenvalue weighted by molar-refractivity contribution is 6.32. The lowest BCUT2D eigenvalue weighted by Crippen LogP contribution is -2.35. The lowest BCUT2D eigenvalue weighted by molar-refractivity contribution is -0.122. The normalized spacial score (nSPS) is 16.5. The number of benzene rings is 1. The molecule has 0 unspecified atom stereocenters. The molecule has 9 nitrogen and oxygen atoms in total. The molecular weight excluding hydrogens is 456 g/mol. The van der Waals surface area contributed by atoms with Crippen LogP contribution in [0, 0.1) is 5.41 Å². The van der Waals surface area contributed by atoms with E-state index in [2.05, 4.69) is 20.5 Å². The highest BCUT2D eigenvalue weighted by Gasteiger charge is 2.44. The molecular formula is C24H27ClN6O3. The summed E-state index contributed by atoms with van der Waals surface area (Å²) in [6, 6.07) is 7.23. The number of carbonyl (C=O) groups is 1. The van der Waals surface area contributed by atoms with E-state index in [0.29, 0.717) is 22.2 Å². The summed E-state index contributed by atoms with van der Waals surface area (Å²) in [6.45, 7) is 1.69. The van der Waals surface area contributed by atoms with Gasteiger partial charge in [0.05, 0.1) is 11.7 Å². The van der Waals surface area contributed by atoms with Gasteiger partial charge in [-0.2, -0.15) is 4.98 Å². The van der Waals surface area contributed by atoms with Gasteiger partial charge in [0.15, 0.2) is 18.2 Å². The fourth-order valence-electron chi connectivity index (χ4n) is 4.44. The first kappa shape index (κ1) is 22.5. The number of fused-ring (bicyclic) bond motifs is 1. The van der Waals surface area contributed by atoms with Crippen molar-refractivity contribution in [3.05, 3.63) is 45.8 Å². The number of ether oxygens (including phenoxy) is 1. The Morgan fingerprint density at radius 1 is 1.21 bits per heavy atom. The van der Waals surface area contributed by atoms with Crippen molar-refractivity contribution in [3.63, 3.8) is 0 Å². The van der Waals surface area contributed by atoms with Crippen molar-refractivity contribution < 1.29 is 9.53 Å². The maximum Gasteiger partial charge on any atom is 0.293 e. The number of anilines is 3. The van der Waals surface area contributed by atoms with Crippen LogP contribution in [0.1, 0.15) is 25.7 Å². The van der Waals surface area contributed by atoms with Gasteiger partial charge in [0.1, 0.15) is 5.02 Å². The number of likely N-dealkylation sites (N-methyl/N-ethyl adjacent to an activating group) is 1. The lowest BCUT2D eigenvalue weighted by atomic mass is 9.94. The minimum absolute atomic E-state index is 0.108. The van der Waals surface area contributed by atoms with Crippen LogP contribution in [0.4, 0.5) is 17.5 Å². The largest absolute Gasteiger partial charge is 0.478 e. The molecule has 1 aliphatic carbocycles. The van der Waals surface area contributed by atoms with E-state index in [-0.39, 0.29) is 23.8 Å². The second-order valence-corrected chi connectivity index (χ2v) is 9.49. The number of carbonyl (C=O) groups excluding carboxylic acids is 1. The van der Waals surface area contributed by atoms with Crippen LogP contribution in [-0.4, -0.2) is 47.2 Å². The molecule has 3 heterocycles. The molecule has 1 spiro atoms. The maximum absolute atomic E-state index is 12.6. The topological polar surface area (TPSA) is 101 Å². The van der Waals surface area contributed by atoms with Gasteiger partial charge < -0.3 is 24.8 Å².